The Morgan fingerprint density at radius 1 is 1.00 bits per heavy atom. The number of hydrogen-bond acceptors (Lipinski definition) is 5. The molecule has 32 heavy (non-hydrogen) atoms. The van der Waals surface area contributed by atoms with Gasteiger partial charge in [0.15, 0.2) is 0 Å². The van der Waals surface area contributed by atoms with E-state index in [0.29, 0.717) is 19.7 Å². The van der Waals surface area contributed by atoms with Crippen molar-refractivity contribution in [3.8, 4) is 0 Å². The Balaban J connectivity index is 0.000000360. The van der Waals surface area contributed by atoms with Gasteiger partial charge in [-0.2, -0.15) is 13.2 Å². The van der Waals surface area contributed by atoms with Crippen LogP contribution in [0, 0.1) is 0 Å². The van der Waals surface area contributed by atoms with Crippen LogP contribution in [0.25, 0.3) is 0 Å². The van der Waals surface area contributed by atoms with E-state index >= 15 is 0 Å². The number of carbonyl (C=O) groups excluding carboxylic acids is 1. The van der Waals surface area contributed by atoms with Crippen LogP contribution in [0.1, 0.15) is 11.1 Å². The van der Waals surface area contributed by atoms with Gasteiger partial charge in [0.2, 0.25) is 0 Å². The highest BCUT2D eigenvalue weighted by molar-refractivity contribution is 5.73. The summed E-state index contributed by atoms with van der Waals surface area (Å²) in [5, 5.41) is 10.6. The molecule has 2 N–H and O–H groups in total. The molecule has 2 aromatic carbocycles. The molecule has 2 aliphatic rings. The number of carboxylic acid groups (broad SMARTS) is 1. The highest BCUT2D eigenvalue weighted by atomic mass is 19.4. The third-order valence-corrected chi connectivity index (χ3v) is 5.17. The second-order valence-electron chi connectivity index (χ2n) is 7.30. The van der Waals surface area contributed by atoms with Crippen molar-refractivity contribution in [2.45, 2.75) is 19.2 Å². The van der Waals surface area contributed by atoms with Crippen molar-refractivity contribution in [1.29, 1.82) is 0 Å². The zero-order valence-electron chi connectivity index (χ0n) is 17.3. The molecule has 4 rings (SSSR count). The zero-order chi connectivity index (χ0) is 23.1. The molecule has 2 aromatic rings. The summed E-state index contributed by atoms with van der Waals surface area (Å²) in [5.74, 6) is -2.76. The summed E-state index contributed by atoms with van der Waals surface area (Å²) in [6, 6.07) is 16.2. The molecule has 0 bridgehead atoms. The average Bonchev–Trinajstić information content (AvgIpc) is 3.27. The highest BCUT2D eigenvalue weighted by Crippen LogP contribution is 2.32. The number of amides is 1. The van der Waals surface area contributed by atoms with Gasteiger partial charge in [0.1, 0.15) is 6.61 Å². The number of hydrogen-bond donors (Lipinski definition) is 2. The lowest BCUT2D eigenvalue weighted by Crippen LogP contribution is -2.49. The Hall–Kier alpha value is -3.43. The van der Waals surface area contributed by atoms with Gasteiger partial charge in [-0.1, -0.05) is 36.4 Å². The molecule has 1 fully saturated rings. The maximum atomic E-state index is 12.3. The van der Waals surface area contributed by atoms with Crippen molar-refractivity contribution >= 4 is 23.4 Å². The second-order valence-corrected chi connectivity index (χ2v) is 7.30. The third kappa shape index (κ3) is 6.05. The van der Waals surface area contributed by atoms with E-state index in [9.17, 15) is 18.0 Å². The average molecular weight is 451 g/mol. The minimum absolute atomic E-state index is 0.219. The van der Waals surface area contributed by atoms with Gasteiger partial charge in [-0.15, -0.1) is 0 Å². The first-order valence-corrected chi connectivity index (χ1v) is 10.1. The van der Waals surface area contributed by atoms with E-state index in [1.807, 2.05) is 30.3 Å². The molecule has 0 atom stereocenters. The van der Waals surface area contributed by atoms with Crippen molar-refractivity contribution in [1.82, 2.24) is 4.90 Å². The molecule has 10 heteroatoms. The lowest BCUT2D eigenvalue weighted by molar-refractivity contribution is -0.192. The molecule has 0 aromatic heterocycles. The molecular formula is C22H24F3N3O4. The van der Waals surface area contributed by atoms with Crippen LogP contribution in [-0.4, -0.2) is 61.0 Å². The van der Waals surface area contributed by atoms with E-state index in [0.717, 1.165) is 31.6 Å². The van der Waals surface area contributed by atoms with Gasteiger partial charge in [0.05, 0.1) is 0 Å². The van der Waals surface area contributed by atoms with Gasteiger partial charge in [-0.25, -0.2) is 9.59 Å². The van der Waals surface area contributed by atoms with Crippen LogP contribution in [-0.2, 0) is 22.6 Å². The molecule has 0 radical (unpaired) electrons. The molecule has 0 saturated carbocycles. The van der Waals surface area contributed by atoms with E-state index < -0.39 is 12.1 Å². The normalized spacial score (nSPS) is 15.2. The first-order valence-electron chi connectivity index (χ1n) is 10.1. The number of aliphatic carboxylic acids is 1. The predicted octanol–water partition coefficient (Wildman–Crippen LogP) is 3.75. The van der Waals surface area contributed by atoms with Crippen molar-refractivity contribution in [3.05, 3.63) is 59.7 Å². The van der Waals surface area contributed by atoms with Crippen LogP contribution >= 0.6 is 0 Å². The Bertz CT molecular complexity index is 930. The number of carboxylic acids is 1. The van der Waals surface area contributed by atoms with Gasteiger partial charge in [-0.05, 0) is 24.1 Å². The SMILES string of the molecule is O=C(O)C(F)(F)F.O=C(OCc1ccccc1)N1CCN(c2cccc3c2CCN3)CC1. The van der Waals surface area contributed by atoms with Gasteiger partial charge >= 0.3 is 18.2 Å². The second kappa shape index (κ2) is 10.3. The lowest BCUT2D eigenvalue weighted by atomic mass is 10.1. The summed E-state index contributed by atoms with van der Waals surface area (Å²) in [6.07, 6.45) is -4.23. The number of rotatable bonds is 3. The van der Waals surface area contributed by atoms with E-state index in [1.165, 1.54) is 16.9 Å². The Morgan fingerprint density at radius 3 is 2.28 bits per heavy atom. The number of carbonyl (C=O) groups is 2. The van der Waals surface area contributed by atoms with Crippen molar-refractivity contribution < 1.29 is 32.6 Å². The molecule has 1 amide bonds. The molecule has 2 aliphatic heterocycles. The topological polar surface area (TPSA) is 82.1 Å². The van der Waals surface area contributed by atoms with Crippen LogP contribution < -0.4 is 10.2 Å². The zero-order valence-corrected chi connectivity index (χ0v) is 17.3. The molecule has 1 saturated heterocycles. The summed E-state index contributed by atoms with van der Waals surface area (Å²) in [4.78, 5) is 25.4. The fraction of sp³-hybridized carbons (Fsp3) is 0.364. The van der Waals surface area contributed by atoms with Crippen molar-refractivity contribution in [3.63, 3.8) is 0 Å². The molecule has 0 spiro atoms. The quantitative estimate of drug-likeness (QED) is 0.740. The van der Waals surface area contributed by atoms with Gasteiger partial charge in [-0.3, -0.25) is 0 Å². The van der Waals surface area contributed by atoms with Crippen LogP contribution in [0.3, 0.4) is 0 Å². The summed E-state index contributed by atoms with van der Waals surface area (Å²) in [6.45, 7) is 4.43. The molecule has 0 aliphatic carbocycles. The van der Waals surface area contributed by atoms with E-state index in [4.69, 9.17) is 14.6 Å². The Labute approximate surface area is 183 Å². The summed E-state index contributed by atoms with van der Waals surface area (Å²) in [5.41, 5.74) is 4.98. The van der Waals surface area contributed by atoms with Crippen molar-refractivity contribution in [2.75, 3.05) is 42.9 Å². The maximum Gasteiger partial charge on any atom is 0.490 e. The van der Waals surface area contributed by atoms with Crippen LogP contribution in [0.2, 0.25) is 0 Å². The molecular weight excluding hydrogens is 427 g/mol. The van der Waals surface area contributed by atoms with Crippen LogP contribution in [0.15, 0.2) is 48.5 Å². The monoisotopic (exact) mass is 451 g/mol. The molecule has 7 nitrogen and oxygen atoms in total. The third-order valence-electron chi connectivity index (χ3n) is 5.17. The number of benzene rings is 2. The molecule has 2 heterocycles. The number of ether oxygens (including phenoxy) is 1. The summed E-state index contributed by atoms with van der Waals surface area (Å²) < 4.78 is 37.2. The van der Waals surface area contributed by atoms with Gasteiger partial charge in [0.25, 0.3) is 0 Å². The molecule has 172 valence electrons. The van der Waals surface area contributed by atoms with Crippen molar-refractivity contribution in [2.24, 2.45) is 0 Å². The van der Waals surface area contributed by atoms with Gasteiger partial charge < -0.3 is 25.0 Å². The Kier molecular flexibility index (Phi) is 7.45. The first-order chi connectivity index (χ1) is 15.3. The standard InChI is InChI=1S/C20H23N3O2.C2HF3O2/c24-20(25-15-16-5-2-1-3-6-16)23-13-11-22(12-14-23)19-8-4-7-18-17(19)9-10-21-18;3-2(4,5)1(6)7/h1-8,21H,9-15H2;(H,6,7). The number of nitrogens with zero attached hydrogens (tertiary/aromatic N) is 2. The smallest absolute Gasteiger partial charge is 0.475 e. The molecule has 0 unspecified atom stereocenters. The summed E-state index contributed by atoms with van der Waals surface area (Å²) >= 11 is 0. The number of nitrogens with one attached hydrogen (secondary N) is 1. The first kappa shape index (κ1) is 23.2. The Morgan fingerprint density at radius 2 is 1.66 bits per heavy atom. The fourth-order valence-electron chi connectivity index (χ4n) is 3.56. The highest BCUT2D eigenvalue weighted by Gasteiger charge is 2.38. The number of fused-ring (bicyclic) bond motifs is 1. The van der Waals surface area contributed by atoms with Crippen LogP contribution in [0.4, 0.5) is 29.3 Å². The van der Waals surface area contributed by atoms with E-state index in [1.54, 1.807) is 4.90 Å². The minimum Gasteiger partial charge on any atom is -0.475 e. The number of anilines is 2. The van der Waals surface area contributed by atoms with Crippen LogP contribution in [0.5, 0.6) is 0 Å². The van der Waals surface area contributed by atoms with E-state index in [-0.39, 0.29) is 6.09 Å². The van der Waals surface area contributed by atoms with Gasteiger partial charge in [0, 0.05) is 49.7 Å². The number of piperazine rings is 1. The minimum atomic E-state index is -5.08. The summed E-state index contributed by atoms with van der Waals surface area (Å²) in [7, 11) is 0. The van der Waals surface area contributed by atoms with E-state index in [2.05, 4.69) is 28.4 Å². The largest absolute Gasteiger partial charge is 0.490 e. The fourth-order valence-corrected chi connectivity index (χ4v) is 3.56. The number of alkyl halides is 3. The lowest BCUT2D eigenvalue weighted by Gasteiger charge is -2.36. The predicted molar refractivity (Wildman–Crippen MR) is 113 cm³/mol. The number of halogens is 3. The maximum absolute atomic E-state index is 12.3.